The Morgan fingerprint density at radius 1 is 1.13 bits per heavy atom. The zero-order chi connectivity index (χ0) is 16.8. The van der Waals surface area contributed by atoms with Crippen molar-refractivity contribution in [1.29, 1.82) is 0 Å². The third-order valence-electron chi connectivity index (χ3n) is 3.18. The summed E-state index contributed by atoms with van der Waals surface area (Å²) in [4.78, 5) is 22.9. The van der Waals surface area contributed by atoms with Crippen LogP contribution in [-0.4, -0.2) is 12.4 Å². The monoisotopic (exact) mass is 312 g/mol. The van der Waals surface area contributed by atoms with Crippen molar-refractivity contribution < 1.29 is 13.9 Å². The minimum Gasteiger partial charge on any atom is -0.493 e. The molecule has 0 N–H and O–H groups in total. The van der Waals surface area contributed by atoms with Crippen molar-refractivity contribution in [2.24, 2.45) is 0 Å². The van der Waals surface area contributed by atoms with Gasteiger partial charge in [0, 0.05) is 23.9 Å². The van der Waals surface area contributed by atoms with Crippen LogP contribution in [0.25, 0.3) is 11.0 Å². The molecule has 0 aliphatic heterocycles. The maximum absolute atomic E-state index is 11.6. The Hall–Kier alpha value is -2.62. The standard InChI is InChI=1S/C19H20O4/c1-13(2)10-16(20)11-14(3)8-9-22-17-6-4-15-5-7-19(21)23-18(15)12-17/h4-7,10-12H,8-9H2,1-3H3/b14-11-. The molecule has 1 heterocycles. The van der Waals surface area contributed by atoms with Gasteiger partial charge in [-0.3, -0.25) is 4.79 Å². The fraction of sp³-hybridized carbons (Fsp3) is 0.263. The van der Waals surface area contributed by atoms with Crippen LogP contribution in [-0.2, 0) is 4.79 Å². The molecule has 0 atom stereocenters. The quantitative estimate of drug-likeness (QED) is 0.596. The molecule has 23 heavy (non-hydrogen) atoms. The fourth-order valence-corrected chi connectivity index (χ4v) is 2.10. The first-order chi connectivity index (χ1) is 10.9. The lowest BCUT2D eigenvalue weighted by Gasteiger charge is -2.07. The molecular formula is C19H20O4. The number of benzene rings is 1. The largest absolute Gasteiger partial charge is 0.493 e. The molecule has 0 unspecified atom stereocenters. The third kappa shape index (κ3) is 5.25. The normalized spacial score (nSPS) is 11.3. The maximum Gasteiger partial charge on any atom is 0.336 e. The van der Waals surface area contributed by atoms with E-state index in [2.05, 4.69) is 0 Å². The van der Waals surface area contributed by atoms with Crippen molar-refractivity contribution in [1.82, 2.24) is 0 Å². The number of ether oxygens (including phenoxy) is 1. The molecule has 4 nitrogen and oxygen atoms in total. The topological polar surface area (TPSA) is 56.5 Å². The highest BCUT2D eigenvalue weighted by Crippen LogP contribution is 2.19. The Bertz CT molecular complexity index is 821. The summed E-state index contributed by atoms with van der Waals surface area (Å²) in [6.07, 6.45) is 3.88. The van der Waals surface area contributed by atoms with Gasteiger partial charge < -0.3 is 9.15 Å². The van der Waals surface area contributed by atoms with Gasteiger partial charge in [-0.25, -0.2) is 4.79 Å². The minimum absolute atomic E-state index is 0.00465. The average Bonchev–Trinajstić information content (AvgIpc) is 2.45. The van der Waals surface area contributed by atoms with Gasteiger partial charge in [0.25, 0.3) is 0 Å². The van der Waals surface area contributed by atoms with Crippen molar-refractivity contribution in [2.75, 3.05) is 6.61 Å². The summed E-state index contributed by atoms with van der Waals surface area (Å²) in [5.41, 5.74) is 2.06. The van der Waals surface area contributed by atoms with E-state index in [1.165, 1.54) is 6.07 Å². The Morgan fingerprint density at radius 3 is 2.61 bits per heavy atom. The van der Waals surface area contributed by atoms with E-state index in [9.17, 15) is 9.59 Å². The molecule has 0 spiro atoms. The Labute approximate surface area is 135 Å². The number of carbonyl (C=O) groups excluding carboxylic acids is 1. The van der Waals surface area contributed by atoms with Gasteiger partial charge in [0.15, 0.2) is 5.78 Å². The van der Waals surface area contributed by atoms with E-state index in [-0.39, 0.29) is 11.4 Å². The first-order valence-electron chi connectivity index (χ1n) is 7.47. The van der Waals surface area contributed by atoms with E-state index in [0.717, 1.165) is 16.5 Å². The van der Waals surface area contributed by atoms with Crippen LogP contribution >= 0.6 is 0 Å². The lowest BCUT2D eigenvalue weighted by atomic mass is 10.1. The van der Waals surface area contributed by atoms with Crippen LogP contribution < -0.4 is 10.4 Å². The lowest BCUT2D eigenvalue weighted by Crippen LogP contribution is -2.00. The second kappa shape index (κ2) is 7.58. The Kier molecular flexibility index (Phi) is 5.52. The van der Waals surface area contributed by atoms with E-state index in [1.807, 2.05) is 32.9 Å². The molecule has 0 aliphatic carbocycles. The molecule has 0 aliphatic rings. The maximum atomic E-state index is 11.6. The van der Waals surface area contributed by atoms with E-state index in [4.69, 9.17) is 9.15 Å². The van der Waals surface area contributed by atoms with E-state index in [1.54, 1.807) is 24.3 Å². The summed E-state index contributed by atoms with van der Waals surface area (Å²) in [6.45, 7) is 6.14. The predicted octanol–water partition coefficient (Wildman–Crippen LogP) is 4.04. The number of hydrogen-bond donors (Lipinski definition) is 0. The molecule has 0 saturated carbocycles. The van der Waals surface area contributed by atoms with Gasteiger partial charge >= 0.3 is 5.63 Å². The van der Waals surface area contributed by atoms with Gasteiger partial charge in [0.1, 0.15) is 11.3 Å². The SMILES string of the molecule is CC(C)=CC(=O)/C=C(/C)CCOc1ccc2ccc(=O)oc2c1. The van der Waals surface area contributed by atoms with Gasteiger partial charge in [-0.15, -0.1) is 0 Å². The van der Waals surface area contributed by atoms with Crippen LogP contribution in [0.15, 0.2) is 62.8 Å². The molecule has 0 saturated heterocycles. The first kappa shape index (κ1) is 16.7. The molecule has 1 aromatic carbocycles. The van der Waals surface area contributed by atoms with Crippen LogP contribution in [0.4, 0.5) is 0 Å². The van der Waals surface area contributed by atoms with Crippen molar-refractivity contribution in [3.05, 3.63) is 64.1 Å². The summed E-state index contributed by atoms with van der Waals surface area (Å²) in [7, 11) is 0. The van der Waals surface area contributed by atoms with Crippen LogP contribution in [0.3, 0.4) is 0 Å². The Balaban J connectivity index is 1.96. The average molecular weight is 312 g/mol. The van der Waals surface area contributed by atoms with Crippen molar-refractivity contribution in [3.63, 3.8) is 0 Å². The van der Waals surface area contributed by atoms with Crippen LogP contribution in [0.1, 0.15) is 27.2 Å². The number of fused-ring (bicyclic) bond motifs is 1. The second-order valence-electron chi connectivity index (χ2n) is 5.67. The number of hydrogen-bond acceptors (Lipinski definition) is 4. The summed E-state index contributed by atoms with van der Waals surface area (Å²) in [6, 6.07) is 8.47. The summed E-state index contributed by atoms with van der Waals surface area (Å²) in [5, 5.41) is 0.848. The third-order valence-corrected chi connectivity index (χ3v) is 3.18. The number of ketones is 1. The molecule has 0 fully saturated rings. The van der Waals surface area contributed by atoms with Crippen LogP contribution in [0, 0.1) is 0 Å². The van der Waals surface area contributed by atoms with Gasteiger partial charge in [-0.2, -0.15) is 0 Å². The van der Waals surface area contributed by atoms with Gasteiger partial charge in [-0.1, -0.05) is 11.1 Å². The molecule has 2 rings (SSSR count). The smallest absolute Gasteiger partial charge is 0.336 e. The highest BCUT2D eigenvalue weighted by Gasteiger charge is 2.01. The van der Waals surface area contributed by atoms with Gasteiger partial charge in [0.05, 0.1) is 6.61 Å². The molecule has 1 aromatic heterocycles. The molecule has 120 valence electrons. The predicted molar refractivity (Wildman–Crippen MR) is 90.8 cm³/mol. The second-order valence-corrected chi connectivity index (χ2v) is 5.67. The molecule has 0 amide bonds. The summed E-state index contributed by atoms with van der Waals surface area (Å²) in [5.74, 6) is 0.630. The number of rotatable bonds is 6. The molecule has 4 heteroatoms. The van der Waals surface area contributed by atoms with Crippen LogP contribution in [0.5, 0.6) is 5.75 Å². The van der Waals surface area contributed by atoms with Crippen molar-refractivity contribution >= 4 is 16.8 Å². The van der Waals surface area contributed by atoms with Crippen LogP contribution in [0.2, 0.25) is 0 Å². The lowest BCUT2D eigenvalue weighted by molar-refractivity contribution is -0.110. The molecule has 0 radical (unpaired) electrons. The zero-order valence-corrected chi connectivity index (χ0v) is 13.6. The van der Waals surface area contributed by atoms with E-state index < -0.39 is 0 Å². The summed E-state index contributed by atoms with van der Waals surface area (Å²) < 4.78 is 10.8. The van der Waals surface area contributed by atoms with E-state index in [0.29, 0.717) is 24.4 Å². The first-order valence-corrected chi connectivity index (χ1v) is 7.47. The number of allylic oxidation sites excluding steroid dienone is 3. The van der Waals surface area contributed by atoms with Crippen molar-refractivity contribution in [2.45, 2.75) is 27.2 Å². The van der Waals surface area contributed by atoms with Gasteiger partial charge in [0.2, 0.25) is 0 Å². The number of carbonyl (C=O) groups is 1. The molecule has 2 aromatic rings. The molecular weight excluding hydrogens is 292 g/mol. The van der Waals surface area contributed by atoms with E-state index >= 15 is 0 Å². The van der Waals surface area contributed by atoms with Gasteiger partial charge in [-0.05, 0) is 51.1 Å². The highest BCUT2D eigenvalue weighted by molar-refractivity contribution is 6.00. The molecule has 0 bridgehead atoms. The Morgan fingerprint density at radius 2 is 1.87 bits per heavy atom. The summed E-state index contributed by atoms with van der Waals surface area (Å²) >= 11 is 0. The minimum atomic E-state index is -0.383. The van der Waals surface area contributed by atoms with Crippen molar-refractivity contribution in [3.8, 4) is 5.75 Å². The zero-order valence-electron chi connectivity index (χ0n) is 13.6. The highest BCUT2D eigenvalue weighted by atomic mass is 16.5. The fourth-order valence-electron chi connectivity index (χ4n) is 2.10.